The number of benzene rings is 1. The summed E-state index contributed by atoms with van der Waals surface area (Å²) in [5, 5.41) is 10.0. The molecule has 2 heterocycles. The zero-order valence-corrected chi connectivity index (χ0v) is 11.4. The Balaban J connectivity index is 2.12. The van der Waals surface area contributed by atoms with E-state index in [0.29, 0.717) is 11.3 Å². The molecule has 0 fully saturated rings. The third kappa shape index (κ3) is 1.81. The molecule has 2 aromatic rings. The number of carbonyl (C=O) groups is 1. The van der Waals surface area contributed by atoms with Gasteiger partial charge in [0.15, 0.2) is 0 Å². The van der Waals surface area contributed by atoms with Crippen LogP contribution in [0.1, 0.15) is 15.4 Å². The van der Waals surface area contributed by atoms with Crippen LogP contribution < -0.4 is 4.90 Å². The van der Waals surface area contributed by atoms with Crippen LogP contribution in [-0.2, 0) is 11.2 Å². The van der Waals surface area contributed by atoms with Crippen LogP contribution in [0.15, 0.2) is 18.2 Å². The van der Waals surface area contributed by atoms with Crippen LogP contribution in [0, 0.1) is 18.3 Å². The van der Waals surface area contributed by atoms with Crippen LogP contribution in [0.4, 0.5) is 5.69 Å². The van der Waals surface area contributed by atoms with E-state index in [1.807, 2.05) is 25.1 Å². The summed E-state index contributed by atoms with van der Waals surface area (Å²) in [5.74, 6) is 0.0992. The van der Waals surface area contributed by atoms with Gasteiger partial charge in [0.25, 0.3) is 0 Å². The van der Waals surface area contributed by atoms with Crippen molar-refractivity contribution in [2.45, 2.75) is 13.3 Å². The fraction of sp³-hybridized carbons (Fsp3) is 0.214. The van der Waals surface area contributed by atoms with Gasteiger partial charge in [0.1, 0.15) is 10.9 Å². The van der Waals surface area contributed by atoms with E-state index >= 15 is 0 Å². The number of rotatable bonds is 1. The highest BCUT2D eigenvalue weighted by Gasteiger charge is 2.24. The molecule has 0 saturated carbocycles. The predicted octanol–water partition coefficient (Wildman–Crippen LogP) is 2.51. The predicted molar refractivity (Wildman–Crippen MR) is 74.1 cm³/mol. The average Bonchev–Trinajstić information content (AvgIpc) is 2.91. The molecule has 1 aliphatic rings. The minimum absolute atomic E-state index is 0.0992. The molecule has 1 aromatic heterocycles. The lowest BCUT2D eigenvalue weighted by atomic mass is 10.1. The molecule has 1 amide bonds. The number of fused-ring (bicyclic) bond motifs is 1. The minimum Gasteiger partial charge on any atom is -0.315 e. The van der Waals surface area contributed by atoms with Crippen LogP contribution in [-0.4, -0.2) is 17.9 Å². The van der Waals surface area contributed by atoms with Gasteiger partial charge >= 0.3 is 0 Å². The zero-order chi connectivity index (χ0) is 13.6. The first-order valence-corrected chi connectivity index (χ1v) is 6.69. The van der Waals surface area contributed by atoms with Gasteiger partial charge in [-0.25, -0.2) is 4.98 Å². The molecule has 0 atom stereocenters. The van der Waals surface area contributed by atoms with E-state index in [-0.39, 0.29) is 5.91 Å². The summed E-state index contributed by atoms with van der Waals surface area (Å²) in [6.07, 6.45) is 0.421. The number of nitrogens with zero attached hydrogens (tertiary/aromatic N) is 3. The lowest BCUT2D eigenvalue weighted by Crippen LogP contribution is -2.20. The van der Waals surface area contributed by atoms with Crippen molar-refractivity contribution in [2.24, 2.45) is 0 Å². The van der Waals surface area contributed by atoms with Gasteiger partial charge in [-0.15, -0.1) is 11.3 Å². The molecular formula is C14H11N3OS. The maximum absolute atomic E-state index is 11.7. The first-order chi connectivity index (χ1) is 9.10. The Morgan fingerprint density at radius 1 is 1.47 bits per heavy atom. The molecule has 4 nitrogen and oxygen atoms in total. The van der Waals surface area contributed by atoms with Gasteiger partial charge in [-0.05, 0) is 24.6 Å². The van der Waals surface area contributed by atoms with Gasteiger partial charge in [-0.3, -0.25) is 4.79 Å². The molecule has 0 radical (unpaired) electrons. The topological polar surface area (TPSA) is 57.0 Å². The molecule has 3 rings (SSSR count). The minimum atomic E-state index is 0.0992. The van der Waals surface area contributed by atoms with Crippen molar-refractivity contribution in [1.29, 1.82) is 5.26 Å². The maximum atomic E-state index is 11.7. The molecule has 0 spiro atoms. The van der Waals surface area contributed by atoms with Crippen LogP contribution >= 0.6 is 11.3 Å². The van der Waals surface area contributed by atoms with Crippen molar-refractivity contribution < 1.29 is 4.79 Å². The summed E-state index contributed by atoms with van der Waals surface area (Å²) in [6, 6.07) is 7.99. The smallest absolute Gasteiger partial charge is 0.231 e. The van der Waals surface area contributed by atoms with E-state index in [1.54, 1.807) is 11.9 Å². The Kier molecular flexibility index (Phi) is 2.61. The normalized spacial score (nSPS) is 13.5. The third-order valence-corrected chi connectivity index (χ3v) is 4.14. The maximum Gasteiger partial charge on any atom is 0.231 e. The highest BCUT2D eigenvalue weighted by molar-refractivity contribution is 7.12. The number of likely N-dealkylation sites (N-methyl/N-ethyl adjacent to an activating group) is 1. The second-order valence-electron chi connectivity index (χ2n) is 4.50. The number of aryl methyl sites for hydroxylation is 1. The molecule has 0 N–H and O–H groups in total. The molecule has 0 bridgehead atoms. The highest BCUT2D eigenvalue weighted by Crippen LogP contribution is 2.34. The van der Waals surface area contributed by atoms with E-state index in [2.05, 4.69) is 11.1 Å². The Labute approximate surface area is 114 Å². The number of aromatic nitrogens is 1. The number of thiazole rings is 1. The summed E-state index contributed by atoms with van der Waals surface area (Å²) < 4.78 is 0. The first kappa shape index (κ1) is 11.9. The summed E-state index contributed by atoms with van der Waals surface area (Å²) in [7, 11) is 1.78. The van der Waals surface area contributed by atoms with Gasteiger partial charge in [-0.2, -0.15) is 5.26 Å². The Morgan fingerprint density at radius 3 is 3.00 bits per heavy atom. The number of nitriles is 1. The van der Waals surface area contributed by atoms with Crippen molar-refractivity contribution >= 4 is 22.9 Å². The summed E-state index contributed by atoms with van der Waals surface area (Å²) in [6.45, 7) is 1.89. The summed E-state index contributed by atoms with van der Waals surface area (Å²) in [4.78, 5) is 18.4. The van der Waals surface area contributed by atoms with Crippen molar-refractivity contribution in [2.75, 3.05) is 11.9 Å². The number of carbonyl (C=O) groups excluding carboxylic acids is 1. The van der Waals surface area contributed by atoms with E-state index < -0.39 is 0 Å². The first-order valence-electron chi connectivity index (χ1n) is 5.87. The zero-order valence-electron chi connectivity index (χ0n) is 10.6. The van der Waals surface area contributed by atoms with Crippen LogP contribution in [0.25, 0.3) is 11.3 Å². The second-order valence-corrected chi connectivity index (χ2v) is 5.70. The monoisotopic (exact) mass is 269 g/mol. The Hall–Kier alpha value is -2.19. The molecule has 19 heavy (non-hydrogen) atoms. The average molecular weight is 269 g/mol. The Bertz CT molecular complexity index is 727. The number of amides is 1. The SMILES string of the molecule is Cc1nc(-c2ccc3c(c2)CC(=O)N3C)c(C#N)s1. The number of anilines is 1. The summed E-state index contributed by atoms with van der Waals surface area (Å²) in [5.41, 5.74) is 3.57. The molecule has 5 heteroatoms. The lowest BCUT2D eigenvalue weighted by Gasteiger charge is -2.10. The highest BCUT2D eigenvalue weighted by atomic mass is 32.1. The molecule has 0 saturated heterocycles. The second kappa shape index (κ2) is 4.18. The van der Waals surface area contributed by atoms with E-state index in [1.165, 1.54) is 11.3 Å². The third-order valence-electron chi connectivity index (χ3n) is 3.27. The molecule has 1 aliphatic heterocycles. The van der Waals surface area contributed by atoms with Crippen molar-refractivity contribution in [3.8, 4) is 17.3 Å². The quantitative estimate of drug-likeness (QED) is 0.799. The van der Waals surface area contributed by atoms with Gasteiger partial charge in [0, 0.05) is 18.3 Å². The van der Waals surface area contributed by atoms with Crippen molar-refractivity contribution in [3.05, 3.63) is 33.6 Å². The van der Waals surface area contributed by atoms with Crippen molar-refractivity contribution in [1.82, 2.24) is 4.98 Å². The fourth-order valence-electron chi connectivity index (χ4n) is 2.32. The molecule has 1 aromatic carbocycles. The molecule has 0 aliphatic carbocycles. The van der Waals surface area contributed by atoms with Gasteiger partial charge in [0.05, 0.1) is 17.1 Å². The van der Waals surface area contributed by atoms with E-state index in [0.717, 1.165) is 27.5 Å². The molecule has 94 valence electrons. The molecular weight excluding hydrogens is 258 g/mol. The van der Waals surface area contributed by atoms with Gasteiger partial charge in [-0.1, -0.05) is 6.07 Å². The fourth-order valence-corrected chi connectivity index (χ4v) is 3.05. The largest absolute Gasteiger partial charge is 0.315 e. The summed E-state index contributed by atoms with van der Waals surface area (Å²) >= 11 is 1.39. The van der Waals surface area contributed by atoms with Crippen LogP contribution in [0.3, 0.4) is 0 Å². The lowest BCUT2D eigenvalue weighted by molar-refractivity contribution is -0.117. The Morgan fingerprint density at radius 2 is 2.26 bits per heavy atom. The van der Waals surface area contributed by atoms with Gasteiger partial charge < -0.3 is 4.90 Å². The standard InChI is InChI=1S/C14H11N3OS/c1-8-16-14(12(7-15)19-8)9-3-4-11-10(5-9)6-13(18)17(11)2/h3-5H,6H2,1-2H3. The van der Waals surface area contributed by atoms with Crippen molar-refractivity contribution in [3.63, 3.8) is 0 Å². The number of hydrogen-bond acceptors (Lipinski definition) is 4. The van der Waals surface area contributed by atoms with Crippen LogP contribution in [0.2, 0.25) is 0 Å². The van der Waals surface area contributed by atoms with E-state index in [9.17, 15) is 4.79 Å². The molecule has 0 unspecified atom stereocenters. The van der Waals surface area contributed by atoms with Gasteiger partial charge in [0.2, 0.25) is 5.91 Å². The van der Waals surface area contributed by atoms with Crippen LogP contribution in [0.5, 0.6) is 0 Å². The van der Waals surface area contributed by atoms with E-state index in [4.69, 9.17) is 5.26 Å². The number of hydrogen-bond donors (Lipinski definition) is 0.